The summed E-state index contributed by atoms with van der Waals surface area (Å²) in [4.78, 5) is 30.1. The molecule has 3 aliphatic rings. The number of anilines is 3. The highest BCUT2D eigenvalue weighted by Gasteiger charge is 2.45. The smallest absolute Gasteiger partial charge is 0.350 e. The lowest BCUT2D eigenvalue weighted by Crippen LogP contribution is -2.55. The Morgan fingerprint density at radius 3 is 2.69 bits per heavy atom. The molecule has 36 heavy (non-hydrogen) atoms. The Labute approximate surface area is 205 Å². The van der Waals surface area contributed by atoms with Crippen LogP contribution in [0.25, 0.3) is 0 Å². The fourth-order valence-electron chi connectivity index (χ4n) is 4.94. The van der Waals surface area contributed by atoms with Gasteiger partial charge in [-0.05, 0) is 44.2 Å². The lowest BCUT2D eigenvalue weighted by molar-refractivity contribution is -0.141. The van der Waals surface area contributed by atoms with Crippen molar-refractivity contribution in [3.63, 3.8) is 0 Å². The first-order valence-corrected chi connectivity index (χ1v) is 12.1. The van der Waals surface area contributed by atoms with E-state index < -0.39 is 11.9 Å². The normalized spacial score (nSPS) is 19.4. The first-order chi connectivity index (χ1) is 17.3. The number of aryl methyl sites for hydroxylation is 1. The molecule has 1 atom stereocenters. The minimum Gasteiger partial charge on any atom is -0.350 e. The average molecular weight is 499 g/mol. The van der Waals surface area contributed by atoms with Crippen LogP contribution in [0.3, 0.4) is 0 Å². The number of nitrogens with zero attached hydrogens (tertiary/aromatic N) is 7. The van der Waals surface area contributed by atoms with E-state index in [9.17, 15) is 18.0 Å². The van der Waals surface area contributed by atoms with Crippen LogP contribution < -0.4 is 15.1 Å². The van der Waals surface area contributed by atoms with Gasteiger partial charge in [0.05, 0.1) is 18.4 Å². The predicted octanol–water partition coefficient (Wildman–Crippen LogP) is 3.40. The molecule has 12 heteroatoms. The second-order valence-corrected chi connectivity index (χ2v) is 9.52. The SMILES string of the molecule is CC1C(=O)N2CCCc3nc(NCc4cnn(Cc5ccc(C(F)(F)F)nc5)c4)nc(c32)N1C1CC1. The monoisotopic (exact) mass is 498 g/mol. The third-order valence-corrected chi connectivity index (χ3v) is 6.83. The van der Waals surface area contributed by atoms with Gasteiger partial charge in [-0.2, -0.15) is 23.3 Å². The summed E-state index contributed by atoms with van der Waals surface area (Å²) in [5.41, 5.74) is 2.35. The molecular formula is C24H25F3N8O. The molecule has 0 bridgehead atoms. The van der Waals surface area contributed by atoms with Crippen molar-refractivity contribution in [1.29, 1.82) is 0 Å². The van der Waals surface area contributed by atoms with Crippen molar-refractivity contribution >= 4 is 23.4 Å². The maximum atomic E-state index is 13.0. The number of pyridine rings is 1. The van der Waals surface area contributed by atoms with Crippen molar-refractivity contribution in [3.8, 4) is 0 Å². The van der Waals surface area contributed by atoms with E-state index in [4.69, 9.17) is 9.97 Å². The van der Waals surface area contributed by atoms with Crippen LogP contribution in [-0.4, -0.2) is 49.3 Å². The molecule has 0 aromatic carbocycles. The van der Waals surface area contributed by atoms with Crippen LogP contribution in [0.2, 0.25) is 0 Å². The van der Waals surface area contributed by atoms with Crippen molar-refractivity contribution in [1.82, 2.24) is 24.7 Å². The second kappa shape index (κ2) is 8.45. The average Bonchev–Trinajstić information content (AvgIpc) is 3.59. The van der Waals surface area contributed by atoms with E-state index >= 15 is 0 Å². The number of hydrogen-bond donors (Lipinski definition) is 1. The number of carbonyl (C=O) groups excluding carboxylic acids is 1. The number of aromatic nitrogens is 5. The first-order valence-electron chi connectivity index (χ1n) is 12.1. The zero-order valence-electron chi connectivity index (χ0n) is 19.7. The van der Waals surface area contributed by atoms with Crippen molar-refractivity contribution < 1.29 is 18.0 Å². The van der Waals surface area contributed by atoms with E-state index in [1.165, 1.54) is 12.3 Å². The van der Waals surface area contributed by atoms with Gasteiger partial charge in [0.15, 0.2) is 5.82 Å². The van der Waals surface area contributed by atoms with Gasteiger partial charge >= 0.3 is 6.18 Å². The summed E-state index contributed by atoms with van der Waals surface area (Å²) >= 11 is 0. The maximum Gasteiger partial charge on any atom is 0.433 e. The number of hydrogen-bond acceptors (Lipinski definition) is 7. The highest BCUT2D eigenvalue weighted by atomic mass is 19.4. The van der Waals surface area contributed by atoms with Crippen molar-refractivity contribution in [2.45, 2.75) is 64.0 Å². The molecule has 1 amide bonds. The third kappa shape index (κ3) is 4.14. The first kappa shape index (κ1) is 22.7. The van der Waals surface area contributed by atoms with Crippen LogP contribution in [0.4, 0.5) is 30.6 Å². The molecule has 1 aliphatic carbocycles. The van der Waals surface area contributed by atoms with Gasteiger partial charge in [-0.15, -0.1) is 0 Å². The highest BCUT2D eigenvalue weighted by Crippen LogP contribution is 2.45. The van der Waals surface area contributed by atoms with Crippen LogP contribution in [0.5, 0.6) is 0 Å². The van der Waals surface area contributed by atoms with Gasteiger partial charge in [0.1, 0.15) is 17.4 Å². The molecular weight excluding hydrogens is 473 g/mol. The lowest BCUT2D eigenvalue weighted by Gasteiger charge is -2.43. The second-order valence-electron chi connectivity index (χ2n) is 9.52. The molecule has 5 heterocycles. The van der Waals surface area contributed by atoms with Crippen molar-refractivity contribution in [2.75, 3.05) is 21.7 Å². The van der Waals surface area contributed by atoms with E-state index in [2.05, 4.69) is 20.3 Å². The summed E-state index contributed by atoms with van der Waals surface area (Å²) in [7, 11) is 0. The zero-order valence-corrected chi connectivity index (χ0v) is 19.7. The summed E-state index contributed by atoms with van der Waals surface area (Å²) in [5.74, 6) is 1.47. The molecule has 1 fully saturated rings. The number of halogens is 3. The molecule has 2 aliphatic heterocycles. The van der Waals surface area contributed by atoms with Crippen molar-refractivity contribution in [2.24, 2.45) is 0 Å². The summed E-state index contributed by atoms with van der Waals surface area (Å²) in [6.45, 7) is 3.40. The van der Waals surface area contributed by atoms with E-state index in [0.717, 1.165) is 54.5 Å². The number of carbonyl (C=O) groups is 1. The van der Waals surface area contributed by atoms with E-state index in [-0.39, 0.29) is 11.9 Å². The van der Waals surface area contributed by atoms with Gasteiger partial charge < -0.3 is 15.1 Å². The van der Waals surface area contributed by atoms with Crippen LogP contribution in [0, 0.1) is 0 Å². The number of nitrogens with one attached hydrogen (secondary N) is 1. The Balaban J connectivity index is 1.18. The fraction of sp³-hybridized carbons (Fsp3) is 0.458. The fourth-order valence-corrected chi connectivity index (χ4v) is 4.94. The molecule has 0 radical (unpaired) electrons. The summed E-state index contributed by atoms with van der Waals surface area (Å²) in [6.07, 6.45) is 4.08. The Kier molecular flexibility index (Phi) is 5.34. The van der Waals surface area contributed by atoms with Crippen LogP contribution in [-0.2, 0) is 30.5 Å². The molecule has 188 valence electrons. The number of amides is 1. The molecule has 6 rings (SSSR count). The molecule has 0 spiro atoms. The minimum atomic E-state index is -4.46. The van der Waals surface area contributed by atoms with E-state index in [0.29, 0.717) is 37.2 Å². The van der Waals surface area contributed by atoms with Gasteiger partial charge in [0, 0.05) is 37.1 Å². The van der Waals surface area contributed by atoms with Gasteiger partial charge in [-0.3, -0.25) is 14.5 Å². The molecule has 1 unspecified atom stereocenters. The van der Waals surface area contributed by atoms with Crippen LogP contribution in [0.1, 0.15) is 48.7 Å². The largest absolute Gasteiger partial charge is 0.433 e. The standard InChI is InChI=1S/C24H25F3N8O/c1-14-22(36)34-8-2-3-18-20(34)21(35(14)17-5-6-17)32-23(31-18)29-10-16-11-30-33(13-16)12-15-4-7-19(28-9-15)24(25,26)27/h4,7,9,11,13-14,17H,2-3,5-6,8,10,12H2,1H3,(H,29,31,32). The summed E-state index contributed by atoms with van der Waals surface area (Å²) in [5, 5.41) is 7.60. The molecule has 9 nitrogen and oxygen atoms in total. The molecule has 0 saturated heterocycles. The van der Waals surface area contributed by atoms with Crippen LogP contribution >= 0.6 is 0 Å². The summed E-state index contributed by atoms with van der Waals surface area (Å²) in [6, 6.07) is 2.49. The Morgan fingerprint density at radius 2 is 1.97 bits per heavy atom. The quantitative estimate of drug-likeness (QED) is 0.557. The Hall–Kier alpha value is -3.70. The Morgan fingerprint density at radius 1 is 1.14 bits per heavy atom. The van der Waals surface area contributed by atoms with E-state index in [1.807, 2.05) is 18.0 Å². The third-order valence-electron chi connectivity index (χ3n) is 6.83. The zero-order chi connectivity index (χ0) is 25.0. The van der Waals surface area contributed by atoms with E-state index in [1.54, 1.807) is 10.9 Å². The molecule has 1 N–H and O–H groups in total. The number of alkyl halides is 3. The predicted molar refractivity (Wildman–Crippen MR) is 126 cm³/mol. The highest BCUT2D eigenvalue weighted by molar-refractivity contribution is 6.05. The van der Waals surface area contributed by atoms with Crippen LogP contribution in [0.15, 0.2) is 30.7 Å². The topological polar surface area (TPSA) is 92.1 Å². The molecule has 1 saturated carbocycles. The van der Waals surface area contributed by atoms with Gasteiger partial charge in [0.2, 0.25) is 11.9 Å². The minimum absolute atomic E-state index is 0.121. The summed E-state index contributed by atoms with van der Waals surface area (Å²) < 4.78 is 39.8. The van der Waals surface area contributed by atoms with Gasteiger partial charge in [0.25, 0.3) is 0 Å². The number of rotatable bonds is 6. The maximum absolute atomic E-state index is 13.0. The molecule has 3 aromatic heterocycles. The Bertz CT molecular complexity index is 1300. The van der Waals surface area contributed by atoms with Crippen molar-refractivity contribution in [3.05, 3.63) is 53.2 Å². The lowest BCUT2D eigenvalue weighted by atomic mass is 10.0. The molecule has 3 aromatic rings. The van der Waals surface area contributed by atoms with Gasteiger partial charge in [-0.1, -0.05) is 6.07 Å². The van der Waals surface area contributed by atoms with Gasteiger partial charge in [-0.25, -0.2) is 4.98 Å².